The Morgan fingerprint density at radius 2 is 2.21 bits per heavy atom. The Hall–Kier alpha value is -1.02. The highest BCUT2D eigenvalue weighted by Gasteiger charge is 2.06. The Kier molecular flexibility index (Phi) is 3.96. The molecule has 0 aromatic heterocycles. The van der Waals surface area contributed by atoms with Gasteiger partial charge in [0.25, 0.3) is 0 Å². The van der Waals surface area contributed by atoms with E-state index in [2.05, 4.69) is 0 Å². The van der Waals surface area contributed by atoms with Gasteiger partial charge in [0.05, 0.1) is 7.11 Å². The van der Waals surface area contributed by atoms with E-state index in [9.17, 15) is 4.79 Å². The zero-order valence-electron chi connectivity index (χ0n) is 8.34. The summed E-state index contributed by atoms with van der Waals surface area (Å²) in [5.74, 6) is 1.32. The van der Waals surface area contributed by atoms with Gasteiger partial charge in [-0.25, -0.2) is 0 Å². The minimum atomic E-state index is 0.127. The molecule has 0 spiro atoms. The fourth-order valence-electron chi connectivity index (χ4n) is 1.29. The van der Waals surface area contributed by atoms with Gasteiger partial charge in [-0.15, -0.1) is 11.6 Å². The van der Waals surface area contributed by atoms with Crippen LogP contribution >= 0.6 is 11.6 Å². The number of carbonyl (C=O) groups excluding carboxylic acids is 1. The fraction of sp³-hybridized carbons (Fsp3) is 0.364. The zero-order chi connectivity index (χ0) is 10.6. The average Bonchev–Trinajstić information content (AvgIpc) is 2.17. The summed E-state index contributed by atoms with van der Waals surface area (Å²) < 4.78 is 5.18. The Morgan fingerprint density at radius 1 is 1.50 bits per heavy atom. The number of carbonyl (C=O) groups is 1. The van der Waals surface area contributed by atoms with Gasteiger partial charge in [0.15, 0.2) is 0 Å². The van der Waals surface area contributed by atoms with E-state index in [0.29, 0.717) is 12.3 Å². The maximum Gasteiger partial charge on any atom is 0.134 e. The van der Waals surface area contributed by atoms with Crippen molar-refractivity contribution in [2.24, 2.45) is 0 Å². The third kappa shape index (κ3) is 2.74. The summed E-state index contributed by atoms with van der Waals surface area (Å²) in [5.41, 5.74) is 1.91. The van der Waals surface area contributed by atoms with E-state index in [1.54, 1.807) is 14.0 Å². The van der Waals surface area contributed by atoms with Gasteiger partial charge in [0.2, 0.25) is 0 Å². The minimum Gasteiger partial charge on any atom is -0.496 e. The predicted octanol–water partition coefficient (Wildman–Crippen LogP) is 2.57. The summed E-state index contributed by atoms with van der Waals surface area (Å²) >= 11 is 5.69. The van der Waals surface area contributed by atoms with Gasteiger partial charge in [-0.3, -0.25) is 4.79 Å². The normalized spacial score (nSPS) is 9.93. The number of halogens is 1. The van der Waals surface area contributed by atoms with Crippen LogP contribution in [0.4, 0.5) is 0 Å². The Morgan fingerprint density at radius 3 is 2.71 bits per heavy atom. The second-order valence-corrected chi connectivity index (χ2v) is 3.43. The molecule has 0 aliphatic heterocycles. The van der Waals surface area contributed by atoms with Crippen molar-refractivity contribution in [3.8, 4) is 5.75 Å². The molecule has 1 aromatic rings. The van der Waals surface area contributed by atoms with Crippen molar-refractivity contribution in [2.75, 3.05) is 7.11 Å². The monoisotopic (exact) mass is 212 g/mol. The molecular formula is C11H13ClO2. The first-order valence-corrected chi connectivity index (χ1v) is 4.92. The fourth-order valence-corrected chi connectivity index (χ4v) is 1.45. The molecule has 0 N–H and O–H groups in total. The number of Topliss-reactive ketones (excluding diaryl/α,β-unsaturated/α-hetero) is 1. The number of methoxy groups -OCH3 is 1. The maximum atomic E-state index is 11.0. The van der Waals surface area contributed by atoms with Crippen molar-refractivity contribution in [3.05, 3.63) is 29.3 Å². The molecular weight excluding hydrogens is 200 g/mol. The SMILES string of the molecule is COc1cc(CCl)ccc1CC(C)=O. The topological polar surface area (TPSA) is 26.3 Å². The van der Waals surface area contributed by atoms with Gasteiger partial charge < -0.3 is 4.74 Å². The molecule has 0 aliphatic carbocycles. The highest BCUT2D eigenvalue weighted by Crippen LogP contribution is 2.21. The van der Waals surface area contributed by atoms with Crippen molar-refractivity contribution in [1.82, 2.24) is 0 Å². The molecule has 0 amide bonds. The summed E-state index contributed by atoms with van der Waals surface area (Å²) in [5, 5.41) is 0. The lowest BCUT2D eigenvalue weighted by atomic mass is 10.1. The standard InChI is InChI=1S/C11H13ClO2/c1-8(13)5-10-4-3-9(7-12)6-11(10)14-2/h3-4,6H,5,7H2,1-2H3. The lowest BCUT2D eigenvalue weighted by molar-refractivity contribution is -0.116. The maximum absolute atomic E-state index is 11.0. The van der Waals surface area contributed by atoms with Crippen LogP contribution in [-0.2, 0) is 17.1 Å². The third-order valence-corrected chi connectivity index (χ3v) is 2.25. The van der Waals surface area contributed by atoms with Gasteiger partial charge in [-0.2, -0.15) is 0 Å². The number of alkyl halides is 1. The molecule has 0 radical (unpaired) electrons. The van der Waals surface area contributed by atoms with Crippen molar-refractivity contribution >= 4 is 17.4 Å². The Bertz CT molecular complexity index is 334. The smallest absolute Gasteiger partial charge is 0.134 e. The van der Waals surface area contributed by atoms with Crippen molar-refractivity contribution in [2.45, 2.75) is 19.2 Å². The number of hydrogen-bond acceptors (Lipinski definition) is 2. The van der Waals surface area contributed by atoms with Crippen LogP contribution < -0.4 is 4.74 Å². The van der Waals surface area contributed by atoms with E-state index in [-0.39, 0.29) is 5.78 Å². The molecule has 0 atom stereocenters. The Balaban J connectivity index is 2.98. The molecule has 1 aromatic carbocycles. The van der Waals surface area contributed by atoms with Crippen LogP contribution in [0.3, 0.4) is 0 Å². The molecule has 0 saturated heterocycles. The van der Waals surface area contributed by atoms with Crippen LogP contribution in [-0.4, -0.2) is 12.9 Å². The summed E-state index contributed by atoms with van der Waals surface area (Å²) in [7, 11) is 1.59. The number of ketones is 1. The van der Waals surface area contributed by atoms with Crippen LogP contribution in [0.15, 0.2) is 18.2 Å². The van der Waals surface area contributed by atoms with Gasteiger partial charge in [-0.1, -0.05) is 12.1 Å². The molecule has 0 saturated carbocycles. The molecule has 2 nitrogen and oxygen atoms in total. The van der Waals surface area contributed by atoms with E-state index in [1.807, 2.05) is 18.2 Å². The van der Waals surface area contributed by atoms with Crippen LogP contribution in [0, 0.1) is 0 Å². The Labute approximate surface area is 88.8 Å². The first kappa shape index (κ1) is 11.1. The second-order valence-electron chi connectivity index (χ2n) is 3.16. The highest BCUT2D eigenvalue weighted by atomic mass is 35.5. The molecule has 1 rings (SSSR count). The van der Waals surface area contributed by atoms with Crippen LogP contribution in [0.2, 0.25) is 0 Å². The molecule has 0 fully saturated rings. The van der Waals surface area contributed by atoms with Gasteiger partial charge in [0.1, 0.15) is 11.5 Å². The van der Waals surface area contributed by atoms with E-state index in [0.717, 1.165) is 16.9 Å². The summed E-state index contributed by atoms with van der Waals surface area (Å²) in [6, 6.07) is 5.66. The van der Waals surface area contributed by atoms with Crippen molar-refractivity contribution in [1.29, 1.82) is 0 Å². The first-order valence-electron chi connectivity index (χ1n) is 4.38. The lowest BCUT2D eigenvalue weighted by Gasteiger charge is -2.08. The largest absolute Gasteiger partial charge is 0.496 e. The van der Waals surface area contributed by atoms with E-state index in [4.69, 9.17) is 16.3 Å². The van der Waals surface area contributed by atoms with E-state index >= 15 is 0 Å². The molecule has 0 aliphatic rings. The summed E-state index contributed by atoms with van der Waals surface area (Å²) in [6.45, 7) is 1.56. The van der Waals surface area contributed by atoms with Crippen LogP contribution in [0.25, 0.3) is 0 Å². The number of hydrogen-bond donors (Lipinski definition) is 0. The molecule has 3 heteroatoms. The second kappa shape index (κ2) is 5.01. The number of ether oxygens (including phenoxy) is 1. The summed E-state index contributed by atoms with van der Waals surface area (Å²) in [6.07, 6.45) is 0.408. The molecule has 0 unspecified atom stereocenters. The summed E-state index contributed by atoms with van der Waals surface area (Å²) in [4.78, 5) is 11.0. The third-order valence-electron chi connectivity index (χ3n) is 1.95. The van der Waals surface area contributed by atoms with Gasteiger partial charge in [-0.05, 0) is 18.6 Å². The molecule has 76 valence electrons. The van der Waals surface area contributed by atoms with E-state index in [1.165, 1.54) is 0 Å². The van der Waals surface area contributed by atoms with Crippen molar-refractivity contribution < 1.29 is 9.53 Å². The lowest BCUT2D eigenvalue weighted by Crippen LogP contribution is -1.99. The first-order chi connectivity index (χ1) is 6.67. The van der Waals surface area contributed by atoms with Crippen LogP contribution in [0.5, 0.6) is 5.75 Å². The highest BCUT2D eigenvalue weighted by molar-refractivity contribution is 6.17. The van der Waals surface area contributed by atoms with E-state index < -0.39 is 0 Å². The predicted molar refractivity (Wildman–Crippen MR) is 56.9 cm³/mol. The molecule has 0 bridgehead atoms. The quantitative estimate of drug-likeness (QED) is 0.718. The molecule has 0 heterocycles. The van der Waals surface area contributed by atoms with Crippen LogP contribution in [0.1, 0.15) is 18.1 Å². The average molecular weight is 213 g/mol. The molecule has 14 heavy (non-hydrogen) atoms. The van der Waals surface area contributed by atoms with Gasteiger partial charge in [0, 0.05) is 17.9 Å². The number of rotatable bonds is 4. The zero-order valence-corrected chi connectivity index (χ0v) is 9.10. The van der Waals surface area contributed by atoms with Gasteiger partial charge >= 0.3 is 0 Å². The van der Waals surface area contributed by atoms with Crippen molar-refractivity contribution in [3.63, 3.8) is 0 Å². The minimum absolute atomic E-state index is 0.127. The number of benzene rings is 1.